The summed E-state index contributed by atoms with van der Waals surface area (Å²) in [6.45, 7) is 0.176. The molecule has 0 aliphatic carbocycles. The summed E-state index contributed by atoms with van der Waals surface area (Å²) in [4.78, 5) is 4.99. The number of benzene rings is 1. The first-order valence-corrected chi connectivity index (χ1v) is 8.58. The first-order chi connectivity index (χ1) is 9.90. The highest BCUT2D eigenvalue weighted by atomic mass is 79.9. The predicted octanol–water partition coefficient (Wildman–Crippen LogP) is 4.94. The van der Waals surface area contributed by atoms with E-state index in [1.807, 2.05) is 24.3 Å². The lowest BCUT2D eigenvalue weighted by atomic mass is 10.3. The van der Waals surface area contributed by atoms with Crippen LogP contribution < -0.4 is 5.32 Å². The van der Waals surface area contributed by atoms with Gasteiger partial charge in [-0.25, -0.2) is 4.98 Å². The summed E-state index contributed by atoms with van der Waals surface area (Å²) >= 11 is 5.92. The number of nitrogens with zero attached hydrogens (tertiary/aromatic N) is 1. The van der Waals surface area contributed by atoms with Crippen LogP contribution in [0.3, 0.4) is 0 Å². The molecule has 21 heavy (non-hydrogen) atoms. The Hall–Kier alpha value is -0.570. The topological polar surface area (TPSA) is 24.9 Å². The fourth-order valence-corrected chi connectivity index (χ4v) is 3.90. The van der Waals surface area contributed by atoms with Crippen molar-refractivity contribution in [3.63, 3.8) is 0 Å². The Bertz CT molecular complexity index is 596. The zero-order chi connectivity index (χ0) is 15.5. The molecule has 1 heterocycles. The van der Waals surface area contributed by atoms with E-state index in [1.54, 1.807) is 7.05 Å². The molecule has 0 amide bonds. The SMILES string of the molecule is CNCc1sc(CSc2ccc(Br)cc2)nc1C(F)(F)F. The van der Waals surface area contributed by atoms with E-state index in [0.29, 0.717) is 10.8 Å². The molecule has 114 valence electrons. The van der Waals surface area contributed by atoms with Gasteiger partial charge in [0.15, 0.2) is 5.69 Å². The maximum Gasteiger partial charge on any atom is 0.434 e. The number of nitrogens with one attached hydrogen (secondary N) is 1. The molecule has 1 aromatic heterocycles. The van der Waals surface area contributed by atoms with E-state index in [4.69, 9.17) is 0 Å². The summed E-state index contributed by atoms with van der Waals surface area (Å²) in [5.41, 5.74) is -0.770. The minimum atomic E-state index is -4.40. The Balaban J connectivity index is 2.11. The molecule has 0 radical (unpaired) electrons. The van der Waals surface area contributed by atoms with Gasteiger partial charge in [-0.05, 0) is 31.3 Å². The third-order valence-corrected chi connectivity index (χ3v) is 5.31. The van der Waals surface area contributed by atoms with Gasteiger partial charge in [0.25, 0.3) is 0 Å². The minimum absolute atomic E-state index is 0.176. The molecule has 0 saturated carbocycles. The van der Waals surface area contributed by atoms with Crippen LogP contribution in [0.5, 0.6) is 0 Å². The lowest BCUT2D eigenvalue weighted by Gasteiger charge is -2.04. The molecule has 0 aliphatic rings. The number of aromatic nitrogens is 1. The van der Waals surface area contributed by atoms with E-state index in [1.165, 1.54) is 11.8 Å². The maximum atomic E-state index is 12.9. The fourth-order valence-electron chi connectivity index (χ4n) is 1.64. The Morgan fingerprint density at radius 1 is 1.29 bits per heavy atom. The summed E-state index contributed by atoms with van der Waals surface area (Å²) in [7, 11) is 1.62. The Kier molecular flexibility index (Phi) is 5.70. The number of thiazole rings is 1. The van der Waals surface area contributed by atoms with Gasteiger partial charge in [-0.1, -0.05) is 15.9 Å². The second-order valence-electron chi connectivity index (χ2n) is 4.15. The van der Waals surface area contributed by atoms with E-state index >= 15 is 0 Å². The van der Waals surface area contributed by atoms with Crippen molar-refractivity contribution in [3.8, 4) is 0 Å². The minimum Gasteiger partial charge on any atom is -0.315 e. The van der Waals surface area contributed by atoms with Gasteiger partial charge in [0, 0.05) is 15.9 Å². The first-order valence-electron chi connectivity index (χ1n) is 5.99. The maximum absolute atomic E-state index is 12.9. The van der Waals surface area contributed by atoms with Crippen LogP contribution in [0.15, 0.2) is 33.6 Å². The van der Waals surface area contributed by atoms with Gasteiger partial charge in [-0.2, -0.15) is 13.2 Å². The second kappa shape index (κ2) is 7.13. The van der Waals surface area contributed by atoms with Crippen LogP contribution >= 0.6 is 39.0 Å². The van der Waals surface area contributed by atoms with Gasteiger partial charge in [-0.15, -0.1) is 23.1 Å². The molecule has 0 spiro atoms. The van der Waals surface area contributed by atoms with Crippen molar-refractivity contribution in [1.29, 1.82) is 0 Å². The smallest absolute Gasteiger partial charge is 0.315 e. The van der Waals surface area contributed by atoms with Crippen molar-refractivity contribution in [2.75, 3.05) is 7.05 Å². The molecule has 1 aromatic carbocycles. The normalized spacial score (nSPS) is 11.9. The number of thioether (sulfide) groups is 1. The Morgan fingerprint density at radius 3 is 2.52 bits per heavy atom. The van der Waals surface area contributed by atoms with Crippen LogP contribution in [0.2, 0.25) is 0 Å². The van der Waals surface area contributed by atoms with Crippen molar-refractivity contribution in [2.45, 2.75) is 23.4 Å². The third-order valence-electron chi connectivity index (χ3n) is 2.52. The van der Waals surface area contributed by atoms with Gasteiger partial charge < -0.3 is 5.32 Å². The lowest BCUT2D eigenvalue weighted by Crippen LogP contribution is -2.12. The Morgan fingerprint density at radius 2 is 1.95 bits per heavy atom. The summed E-state index contributed by atoms with van der Waals surface area (Å²) in [6, 6.07) is 7.64. The highest BCUT2D eigenvalue weighted by Gasteiger charge is 2.37. The van der Waals surface area contributed by atoms with Gasteiger partial charge in [-0.3, -0.25) is 0 Å². The molecule has 0 atom stereocenters. The molecule has 0 aliphatic heterocycles. The molecule has 0 fully saturated rings. The third kappa shape index (κ3) is 4.70. The predicted molar refractivity (Wildman–Crippen MR) is 83.6 cm³/mol. The molecule has 0 bridgehead atoms. The van der Waals surface area contributed by atoms with E-state index < -0.39 is 11.9 Å². The summed E-state index contributed by atoms with van der Waals surface area (Å²) < 4.78 is 39.7. The second-order valence-corrected chi connectivity index (χ2v) is 7.28. The largest absolute Gasteiger partial charge is 0.434 e. The number of hydrogen-bond acceptors (Lipinski definition) is 4. The molecule has 1 N–H and O–H groups in total. The summed E-state index contributed by atoms with van der Waals surface area (Å²) in [5.74, 6) is 0.430. The van der Waals surface area contributed by atoms with Crippen LogP contribution in [-0.4, -0.2) is 12.0 Å². The van der Waals surface area contributed by atoms with Gasteiger partial charge >= 0.3 is 6.18 Å². The van der Waals surface area contributed by atoms with Gasteiger partial charge in [0.2, 0.25) is 0 Å². The van der Waals surface area contributed by atoms with Crippen LogP contribution in [0.25, 0.3) is 0 Å². The van der Waals surface area contributed by atoms with Crippen molar-refractivity contribution in [3.05, 3.63) is 44.3 Å². The molecule has 2 aromatic rings. The summed E-state index contributed by atoms with van der Waals surface area (Å²) in [5, 5.41) is 3.23. The molecule has 2 rings (SSSR count). The quantitative estimate of drug-likeness (QED) is 0.724. The van der Waals surface area contributed by atoms with Crippen LogP contribution in [0.4, 0.5) is 13.2 Å². The molecule has 8 heteroatoms. The molecule has 2 nitrogen and oxygen atoms in total. The van der Waals surface area contributed by atoms with Crippen LogP contribution in [-0.2, 0) is 18.5 Å². The number of alkyl halides is 3. The molecular weight excluding hydrogens is 385 g/mol. The van der Waals surface area contributed by atoms with E-state index in [0.717, 1.165) is 20.7 Å². The highest BCUT2D eigenvalue weighted by molar-refractivity contribution is 9.10. The van der Waals surface area contributed by atoms with Crippen molar-refractivity contribution < 1.29 is 13.2 Å². The zero-order valence-electron chi connectivity index (χ0n) is 11.0. The van der Waals surface area contributed by atoms with E-state index in [-0.39, 0.29) is 11.4 Å². The van der Waals surface area contributed by atoms with Crippen molar-refractivity contribution in [1.82, 2.24) is 10.3 Å². The standard InChI is InChI=1S/C13H12BrF3N2S2/c1-18-6-10-12(13(15,16)17)19-11(21-10)7-20-9-4-2-8(14)3-5-9/h2-5,18H,6-7H2,1H3. The lowest BCUT2D eigenvalue weighted by molar-refractivity contribution is -0.141. The van der Waals surface area contributed by atoms with Crippen molar-refractivity contribution in [2.24, 2.45) is 0 Å². The van der Waals surface area contributed by atoms with Crippen LogP contribution in [0.1, 0.15) is 15.6 Å². The summed E-state index contributed by atoms with van der Waals surface area (Å²) in [6.07, 6.45) is -4.40. The zero-order valence-corrected chi connectivity index (χ0v) is 14.2. The monoisotopic (exact) mass is 396 g/mol. The van der Waals surface area contributed by atoms with Crippen molar-refractivity contribution >= 4 is 39.0 Å². The molecule has 0 saturated heterocycles. The average molecular weight is 397 g/mol. The van der Waals surface area contributed by atoms with E-state index in [9.17, 15) is 13.2 Å². The van der Waals surface area contributed by atoms with Gasteiger partial charge in [0.05, 0.1) is 10.6 Å². The van der Waals surface area contributed by atoms with Crippen LogP contribution in [0, 0.1) is 0 Å². The first kappa shape index (κ1) is 16.8. The fraction of sp³-hybridized carbons (Fsp3) is 0.308. The van der Waals surface area contributed by atoms with E-state index in [2.05, 4.69) is 26.2 Å². The highest BCUT2D eigenvalue weighted by Crippen LogP contribution is 2.36. The number of halogens is 4. The van der Waals surface area contributed by atoms with Gasteiger partial charge in [0.1, 0.15) is 5.01 Å². The molecule has 0 unspecified atom stereocenters. The number of rotatable bonds is 5. The Labute approximate surface area is 137 Å². The molecular formula is C13H12BrF3N2S2. The average Bonchev–Trinajstić information content (AvgIpc) is 2.82. The number of hydrogen-bond donors (Lipinski definition) is 1.